The van der Waals surface area contributed by atoms with E-state index < -0.39 is 0 Å². The molecule has 1 saturated carbocycles. The third-order valence-corrected chi connectivity index (χ3v) is 4.78. The van der Waals surface area contributed by atoms with Gasteiger partial charge in [-0.2, -0.15) is 0 Å². The maximum Gasteiger partial charge on any atom is 0.127 e. The highest BCUT2D eigenvalue weighted by Crippen LogP contribution is 2.37. The number of likely N-dealkylation sites (N-methyl/N-ethyl adjacent to an activating group) is 1. The predicted octanol–water partition coefficient (Wildman–Crippen LogP) is 2.65. The highest BCUT2D eigenvalue weighted by atomic mass is 19.1. The number of nitrogens with zero attached hydrogens (tertiary/aromatic N) is 1. The lowest BCUT2D eigenvalue weighted by Crippen LogP contribution is -2.38. The summed E-state index contributed by atoms with van der Waals surface area (Å²) in [6, 6.07) is 7.69. The van der Waals surface area contributed by atoms with E-state index in [2.05, 4.69) is 17.3 Å². The van der Waals surface area contributed by atoms with Gasteiger partial charge in [0.15, 0.2) is 0 Å². The molecule has 0 bridgehead atoms. The first kappa shape index (κ1) is 13.1. The van der Waals surface area contributed by atoms with Gasteiger partial charge in [-0.05, 0) is 44.3 Å². The van der Waals surface area contributed by atoms with Crippen molar-refractivity contribution in [2.45, 2.75) is 31.8 Å². The summed E-state index contributed by atoms with van der Waals surface area (Å²) in [5.74, 6) is 1.66. The van der Waals surface area contributed by atoms with E-state index in [-0.39, 0.29) is 5.82 Å². The molecule has 0 amide bonds. The van der Waals surface area contributed by atoms with Crippen LogP contribution >= 0.6 is 0 Å². The Morgan fingerprint density at radius 2 is 2.16 bits per heavy atom. The fraction of sp³-hybridized carbons (Fsp3) is 0.625. The van der Waals surface area contributed by atoms with Gasteiger partial charge >= 0.3 is 0 Å². The molecule has 0 spiro atoms. The van der Waals surface area contributed by atoms with Crippen molar-refractivity contribution in [3.05, 3.63) is 35.6 Å². The van der Waals surface area contributed by atoms with E-state index in [1.807, 2.05) is 12.1 Å². The summed E-state index contributed by atoms with van der Waals surface area (Å²) in [7, 11) is 2.09. The monoisotopic (exact) mass is 262 g/mol. The molecule has 1 aliphatic heterocycles. The molecule has 1 saturated heterocycles. The van der Waals surface area contributed by atoms with Gasteiger partial charge in [0, 0.05) is 24.7 Å². The normalized spacial score (nSPS) is 29.9. The predicted molar refractivity (Wildman–Crippen MR) is 75.4 cm³/mol. The Bertz CT molecular complexity index is 435. The largest absolute Gasteiger partial charge is 0.312 e. The van der Waals surface area contributed by atoms with Gasteiger partial charge in [-0.1, -0.05) is 24.6 Å². The molecule has 0 aromatic heterocycles. The highest BCUT2D eigenvalue weighted by Gasteiger charge is 2.38. The van der Waals surface area contributed by atoms with Gasteiger partial charge in [0.05, 0.1) is 0 Å². The third kappa shape index (κ3) is 2.82. The first-order valence-electron chi connectivity index (χ1n) is 7.39. The topological polar surface area (TPSA) is 15.3 Å². The summed E-state index contributed by atoms with van der Waals surface area (Å²) in [6.45, 7) is 2.90. The van der Waals surface area contributed by atoms with E-state index >= 15 is 0 Å². The van der Waals surface area contributed by atoms with E-state index in [1.54, 1.807) is 12.1 Å². The highest BCUT2D eigenvalue weighted by molar-refractivity contribution is 5.17. The second-order valence-electron chi connectivity index (χ2n) is 6.16. The van der Waals surface area contributed by atoms with Crippen LogP contribution in [0.4, 0.5) is 4.39 Å². The molecule has 1 N–H and O–H groups in total. The van der Waals surface area contributed by atoms with Crippen LogP contribution in [0.3, 0.4) is 0 Å². The van der Waals surface area contributed by atoms with Crippen molar-refractivity contribution in [1.29, 1.82) is 0 Å². The van der Waals surface area contributed by atoms with Gasteiger partial charge in [0.1, 0.15) is 5.82 Å². The molecule has 1 aromatic rings. The molecule has 2 nitrogen and oxygen atoms in total. The van der Waals surface area contributed by atoms with Crippen molar-refractivity contribution in [2.24, 2.45) is 11.8 Å². The zero-order chi connectivity index (χ0) is 13.2. The fourth-order valence-electron chi connectivity index (χ4n) is 3.82. The van der Waals surface area contributed by atoms with Crippen LogP contribution in [0, 0.1) is 17.7 Å². The lowest BCUT2D eigenvalue weighted by molar-refractivity contribution is 0.257. The second-order valence-corrected chi connectivity index (χ2v) is 6.16. The zero-order valence-corrected chi connectivity index (χ0v) is 11.6. The number of rotatable bonds is 4. The van der Waals surface area contributed by atoms with Crippen LogP contribution in [0.15, 0.2) is 24.3 Å². The van der Waals surface area contributed by atoms with Crippen LogP contribution in [0.2, 0.25) is 0 Å². The summed E-state index contributed by atoms with van der Waals surface area (Å²) in [5.41, 5.74) is 0.797. The Labute approximate surface area is 115 Å². The molecule has 3 atom stereocenters. The van der Waals surface area contributed by atoms with Gasteiger partial charge in [0.25, 0.3) is 0 Å². The molecule has 1 aliphatic carbocycles. The minimum Gasteiger partial charge on any atom is -0.312 e. The fourth-order valence-corrected chi connectivity index (χ4v) is 3.82. The molecule has 0 radical (unpaired) electrons. The summed E-state index contributed by atoms with van der Waals surface area (Å²) < 4.78 is 13.6. The average molecular weight is 262 g/mol. The molecular formula is C16H23FN2. The van der Waals surface area contributed by atoms with Crippen molar-refractivity contribution >= 4 is 0 Å². The molecule has 19 heavy (non-hydrogen) atoms. The standard InChI is InChI=1S/C16H23FN2/c1-19(10-13-5-2-3-8-15(13)17)11-16-14-7-4-6-12(14)9-18-16/h2-3,5,8,12,14,16,18H,4,6-7,9-11H2,1H3. The molecule has 3 heteroatoms. The van der Waals surface area contributed by atoms with E-state index in [0.29, 0.717) is 12.6 Å². The second kappa shape index (κ2) is 5.59. The van der Waals surface area contributed by atoms with Crippen molar-refractivity contribution in [3.63, 3.8) is 0 Å². The maximum atomic E-state index is 13.6. The Balaban J connectivity index is 1.57. The average Bonchev–Trinajstić information content (AvgIpc) is 2.97. The quantitative estimate of drug-likeness (QED) is 0.897. The Morgan fingerprint density at radius 1 is 1.32 bits per heavy atom. The molecule has 104 valence electrons. The Morgan fingerprint density at radius 3 is 3.00 bits per heavy atom. The number of nitrogens with one attached hydrogen (secondary N) is 1. The van der Waals surface area contributed by atoms with Gasteiger partial charge in [-0.15, -0.1) is 0 Å². The molecule has 1 aromatic carbocycles. The molecule has 2 fully saturated rings. The minimum atomic E-state index is -0.0903. The van der Waals surface area contributed by atoms with Crippen LogP contribution in [-0.2, 0) is 6.54 Å². The number of benzene rings is 1. The summed E-state index contributed by atoms with van der Waals surface area (Å²) in [5, 5.41) is 3.65. The molecule has 3 rings (SSSR count). The van der Waals surface area contributed by atoms with Gasteiger partial charge in [-0.3, -0.25) is 0 Å². The SMILES string of the molecule is CN(Cc1ccccc1F)CC1NCC2CCCC21. The van der Waals surface area contributed by atoms with E-state index in [9.17, 15) is 4.39 Å². The number of hydrogen-bond acceptors (Lipinski definition) is 2. The van der Waals surface area contributed by atoms with Crippen molar-refractivity contribution in [3.8, 4) is 0 Å². The lowest BCUT2D eigenvalue weighted by atomic mass is 9.94. The first-order chi connectivity index (χ1) is 9.24. The zero-order valence-electron chi connectivity index (χ0n) is 11.6. The van der Waals surface area contributed by atoms with Crippen LogP contribution < -0.4 is 5.32 Å². The maximum absolute atomic E-state index is 13.6. The van der Waals surface area contributed by atoms with Gasteiger partial charge in [0.2, 0.25) is 0 Å². The van der Waals surface area contributed by atoms with Crippen LogP contribution in [-0.4, -0.2) is 31.1 Å². The Hall–Kier alpha value is -0.930. The van der Waals surface area contributed by atoms with Crippen LogP contribution in [0.25, 0.3) is 0 Å². The molecule has 2 aliphatic rings. The Kier molecular flexibility index (Phi) is 3.85. The first-order valence-corrected chi connectivity index (χ1v) is 7.39. The number of hydrogen-bond donors (Lipinski definition) is 1. The summed E-state index contributed by atoms with van der Waals surface area (Å²) in [6.07, 6.45) is 4.16. The molecular weight excluding hydrogens is 239 g/mol. The van der Waals surface area contributed by atoms with Crippen molar-refractivity contribution in [1.82, 2.24) is 10.2 Å². The van der Waals surface area contributed by atoms with E-state index in [1.165, 1.54) is 25.8 Å². The van der Waals surface area contributed by atoms with Crippen LogP contribution in [0.5, 0.6) is 0 Å². The number of fused-ring (bicyclic) bond motifs is 1. The van der Waals surface area contributed by atoms with Gasteiger partial charge in [-0.25, -0.2) is 4.39 Å². The minimum absolute atomic E-state index is 0.0903. The van der Waals surface area contributed by atoms with Crippen molar-refractivity contribution < 1.29 is 4.39 Å². The summed E-state index contributed by atoms with van der Waals surface area (Å²) >= 11 is 0. The number of halogens is 1. The van der Waals surface area contributed by atoms with Gasteiger partial charge < -0.3 is 10.2 Å². The van der Waals surface area contributed by atoms with E-state index in [0.717, 1.165) is 23.9 Å². The lowest BCUT2D eigenvalue weighted by Gasteiger charge is -2.25. The summed E-state index contributed by atoms with van der Waals surface area (Å²) in [4.78, 5) is 2.25. The van der Waals surface area contributed by atoms with Crippen LogP contribution in [0.1, 0.15) is 24.8 Å². The molecule has 3 unspecified atom stereocenters. The third-order valence-electron chi connectivity index (χ3n) is 4.78. The smallest absolute Gasteiger partial charge is 0.127 e. The van der Waals surface area contributed by atoms with Crippen molar-refractivity contribution in [2.75, 3.05) is 20.1 Å². The molecule has 1 heterocycles. The van der Waals surface area contributed by atoms with E-state index in [4.69, 9.17) is 0 Å².